The second-order valence-electron chi connectivity index (χ2n) is 6.41. The van der Waals surface area contributed by atoms with Gasteiger partial charge < -0.3 is 15.0 Å². The quantitative estimate of drug-likeness (QED) is 0.491. The van der Waals surface area contributed by atoms with E-state index in [2.05, 4.69) is 25.2 Å². The number of pyridine rings is 1. The van der Waals surface area contributed by atoms with Gasteiger partial charge in [0.25, 0.3) is 5.69 Å². The molecule has 2 aromatic heterocycles. The maximum atomic E-state index is 14.1. The van der Waals surface area contributed by atoms with Crippen LogP contribution in [0.1, 0.15) is 12.8 Å². The number of anilines is 3. The Hall–Kier alpha value is -3.82. The topological polar surface area (TPSA) is 106 Å². The van der Waals surface area contributed by atoms with Gasteiger partial charge in [-0.25, -0.2) is 14.4 Å². The summed E-state index contributed by atoms with van der Waals surface area (Å²) in [5.41, 5.74) is -0.343. The summed E-state index contributed by atoms with van der Waals surface area (Å²) in [5, 5.41) is 13.8. The number of hydrogen-bond donors (Lipinski definition) is 1. The first kappa shape index (κ1) is 18.5. The van der Waals surface area contributed by atoms with Crippen LogP contribution >= 0.6 is 0 Å². The Labute approximate surface area is 165 Å². The number of aromatic nitrogens is 3. The van der Waals surface area contributed by atoms with Gasteiger partial charge in [-0.05, 0) is 31.0 Å². The molecule has 10 heteroatoms. The highest BCUT2D eigenvalue weighted by Gasteiger charge is 2.15. The molecule has 0 saturated carbocycles. The maximum Gasteiger partial charge on any atom is 0.272 e. The SMILES string of the molecule is O=[N+]([O-])c1ccc(Oc2ccnc(Nc3ccnc(N4CCCC4)n3)c2)c(F)c1. The first-order valence-corrected chi connectivity index (χ1v) is 9.01. The summed E-state index contributed by atoms with van der Waals surface area (Å²) < 4.78 is 19.6. The molecule has 3 aromatic rings. The lowest BCUT2D eigenvalue weighted by Crippen LogP contribution is -2.20. The molecule has 1 aliphatic heterocycles. The van der Waals surface area contributed by atoms with Crippen molar-refractivity contribution in [1.29, 1.82) is 0 Å². The lowest BCUT2D eigenvalue weighted by Gasteiger charge is -2.15. The molecule has 1 saturated heterocycles. The van der Waals surface area contributed by atoms with Gasteiger partial charge in [0.15, 0.2) is 11.6 Å². The Balaban J connectivity index is 1.49. The first-order valence-electron chi connectivity index (χ1n) is 9.01. The van der Waals surface area contributed by atoms with Crippen LogP contribution in [0.5, 0.6) is 11.5 Å². The molecule has 0 bridgehead atoms. The molecule has 29 heavy (non-hydrogen) atoms. The van der Waals surface area contributed by atoms with Gasteiger partial charge in [-0.15, -0.1) is 0 Å². The molecule has 0 atom stereocenters. The normalized spacial score (nSPS) is 13.3. The fraction of sp³-hybridized carbons (Fsp3) is 0.211. The molecular formula is C19H17FN6O3. The van der Waals surface area contributed by atoms with Crippen LogP contribution in [0.3, 0.4) is 0 Å². The monoisotopic (exact) mass is 396 g/mol. The molecule has 0 amide bonds. The molecule has 0 unspecified atom stereocenters. The van der Waals surface area contributed by atoms with Gasteiger partial charge in [0.2, 0.25) is 5.95 Å². The number of rotatable bonds is 6. The maximum absolute atomic E-state index is 14.1. The van der Waals surface area contributed by atoms with Crippen molar-refractivity contribution in [3.8, 4) is 11.5 Å². The summed E-state index contributed by atoms with van der Waals surface area (Å²) in [5.74, 6) is 1.07. The van der Waals surface area contributed by atoms with Crippen LogP contribution in [-0.2, 0) is 0 Å². The van der Waals surface area contributed by atoms with E-state index in [1.54, 1.807) is 24.4 Å². The van der Waals surface area contributed by atoms with Gasteiger partial charge in [-0.1, -0.05) is 0 Å². The summed E-state index contributed by atoms with van der Waals surface area (Å²) in [7, 11) is 0. The Kier molecular flexibility index (Phi) is 5.14. The Morgan fingerprint density at radius 2 is 1.86 bits per heavy atom. The highest BCUT2D eigenvalue weighted by molar-refractivity contribution is 5.55. The van der Waals surface area contributed by atoms with Crippen LogP contribution < -0.4 is 15.0 Å². The summed E-state index contributed by atoms with van der Waals surface area (Å²) in [4.78, 5) is 25.2. The van der Waals surface area contributed by atoms with Crippen molar-refractivity contribution in [2.75, 3.05) is 23.3 Å². The molecule has 0 aliphatic carbocycles. The number of ether oxygens (including phenoxy) is 1. The number of nitro benzene ring substituents is 1. The van der Waals surface area contributed by atoms with E-state index < -0.39 is 10.7 Å². The number of halogens is 1. The van der Waals surface area contributed by atoms with Crippen LogP contribution in [0.15, 0.2) is 48.8 Å². The smallest absolute Gasteiger partial charge is 0.272 e. The third-order valence-electron chi connectivity index (χ3n) is 4.37. The molecule has 1 aromatic carbocycles. The van der Waals surface area contributed by atoms with Crippen LogP contribution in [0.4, 0.5) is 27.7 Å². The molecule has 148 valence electrons. The fourth-order valence-corrected chi connectivity index (χ4v) is 2.97. The first-order chi connectivity index (χ1) is 14.1. The lowest BCUT2D eigenvalue weighted by atomic mass is 10.3. The predicted octanol–water partition coefficient (Wildman–Crippen LogP) is 4.06. The number of non-ortho nitro benzene ring substituents is 1. The van der Waals surface area contributed by atoms with Gasteiger partial charge in [0.05, 0.1) is 11.0 Å². The third-order valence-corrected chi connectivity index (χ3v) is 4.37. The van der Waals surface area contributed by atoms with Crippen LogP contribution in [0.25, 0.3) is 0 Å². The van der Waals surface area contributed by atoms with Crippen molar-refractivity contribution in [3.05, 3.63) is 64.7 Å². The molecule has 1 aliphatic rings. The molecule has 0 radical (unpaired) electrons. The fourth-order valence-electron chi connectivity index (χ4n) is 2.97. The standard InChI is InChI=1S/C19H17FN6O3/c20-15-11-13(26(27)28)3-4-16(15)29-14-5-7-21-18(12-14)23-17-6-8-22-19(24-17)25-9-1-2-10-25/h3-8,11-12H,1-2,9-10H2,(H,21,22,23,24). The van der Waals surface area contributed by atoms with Crippen LogP contribution in [-0.4, -0.2) is 33.0 Å². The minimum absolute atomic E-state index is 0.119. The number of nitro groups is 1. The number of nitrogens with zero attached hydrogens (tertiary/aromatic N) is 5. The van der Waals surface area contributed by atoms with E-state index in [0.29, 0.717) is 23.3 Å². The number of benzene rings is 1. The van der Waals surface area contributed by atoms with Crippen LogP contribution in [0.2, 0.25) is 0 Å². The Morgan fingerprint density at radius 3 is 2.62 bits per heavy atom. The van der Waals surface area contributed by atoms with E-state index in [1.807, 2.05) is 0 Å². The molecule has 3 heterocycles. The predicted molar refractivity (Wildman–Crippen MR) is 104 cm³/mol. The number of hydrogen-bond acceptors (Lipinski definition) is 8. The van der Waals surface area contributed by atoms with Gasteiger partial charge in [0.1, 0.15) is 17.4 Å². The molecular weight excluding hydrogens is 379 g/mol. The van der Waals surface area contributed by atoms with Gasteiger partial charge in [-0.3, -0.25) is 10.1 Å². The van der Waals surface area contributed by atoms with Gasteiger partial charge >= 0.3 is 0 Å². The molecule has 1 N–H and O–H groups in total. The average molecular weight is 396 g/mol. The molecule has 9 nitrogen and oxygen atoms in total. The van der Waals surface area contributed by atoms with Crippen molar-refractivity contribution in [2.45, 2.75) is 12.8 Å². The van der Waals surface area contributed by atoms with E-state index >= 15 is 0 Å². The van der Waals surface area contributed by atoms with Crippen molar-refractivity contribution < 1.29 is 14.1 Å². The van der Waals surface area contributed by atoms with Gasteiger partial charge in [-0.2, -0.15) is 4.98 Å². The number of nitrogens with one attached hydrogen (secondary N) is 1. The average Bonchev–Trinajstić information content (AvgIpc) is 3.25. The lowest BCUT2D eigenvalue weighted by molar-refractivity contribution is -0.385. The summed E-state index contributed by atoms with van der Waals surface area (Å²) >= 11 is 0. The van der Waals surface area contributed by atoms with E-state index in [4.69, 9.17) is 4.74 Å². The molecule has 4 rings (SSSR count). The Bertz CT molecular complexity index is 1040. The van der Waals surface area contributed by atoms with Crippen molar-refractivity contribution in [1.82, 2.24) is 15.0 Å². The highest BCUT2D eigenvalue weighted by Crippen LogP contribution is 2.29. The summed E-state index contributed by atoms with van der Waals surface area (Å²) in [6, 6.07) is 8.08. The van der Waals surface area contributed by atoms with E-state index in [0.717, 1.165) is 32.0 Å². The minimum atomic E-state index is -0.823. The van der Waals surface area contributed by atoms with E-state index in [1.165, 1.54) is 18.3 Å². The van der Waals surface area contributed by atoms with Crippen molar-refractivity contribution >= 4 is 23.3 Å². The Morgan fingerprint density at radius 1 is 1.07 bits per heavy atom. The molecule has 1 fully saturated rings. The van der Waals surface area contributed by atoms with Crippen molar-refractivity contribution in [3.63, 3.8) is 0 Å². The zero-order valence-electron chi connectivity index (χ0n) is 15.3. The zero-order chi connectivity index (χ0) is 20.2. The van der Waals surface area contributed by atoms with E-state index in [9.17, 15) is 14.5 Å². The minimum Gasteiger partial charge on any atom is -0.454 e. The second-order valence-corrected chi connectivity index (χ2v) is 6.41. The summed E-state index contributed by atoms with van der Waals surface area (Å²) in [6.45, 7) is 1.87. The third kappa shape index (κ3) is 4.37. The second kappa shape index (κ2) is 8.05. The van der Waals surface area contributed by atoms with Crippen molar-refractivity contribution in [2.24, 2.45) is 0 Å². The van der Waals surface area contributed by atoms with Crippen LogP contribution in [0, 0.1) is 15.9 Å². The highest BCUT2D eigenvalue weighted by atomic mass is 19.1. The van der Waals surface area contributed by atoms with Gasteiger partial charge in [0, 0.05) is 37.6 Å². The largest absolute Gasteiger partial charge is 0.454 e. The summed E-state index contributed by atoms with van der Waals surface area (Å²) in [6.07, 6.45) is 5.43. The van der Waals surface area contributed by atoms with E-state index in [-0.39, 0.29) is 11.4 Å². The zero-order valence-corrected chi connectivity index (χ0v) is 15.3. The molecule has 0 spiro atoms.